The van der Waals surface area contributed by atoms with Crippen molar-refractivity contribution in [3.63, 3.8) is 0 Å². The lowest BCUT2D eigenvalue weighted by atomic mass is 10.2. The van der Waals surface area contributed by atoms with Crippen LogP contribution in [0.1, 0.15) is 52.4 Å². The molecule has 0 aliphatic rings. The van der Waals surface area contributed by atoms with Gasteiger partial charge in [-0.25, -0.2) is 0 Å². The van der Waals surface area contributed by atoms with Crippen molar-refractivity contribution in [2.75, 3.05) is 11.5 Å². The van der Waals surface area contributed by atoms with Crippen molar-refractivity contribution in [3.8, 4) is 0 Å². The molecule has 0 bridgehead atoms. The number of carbonyl (C=O) groups is 2. The van der Waals surface area contributed by atoms with E-state index in [-0.39, 0.29) is 0 Å². The normalized spacial score (nSPS) is 11.4. The zero-order valence-electron chi connectivity index (χ0n) is 16.7. The van der Waals surface area contributed by atoms with E-state index in [4.69, 9.17) is 34.6 Å². The minimum atomic E-state index is -0.831. The Morgan fingerprint density at radius 3 is 1.93 bits per heavy atom. The zero-order chi connectivity index (χ0) is 23.2. The number of rotatable bonds is 12. The van der Waals surface area contributed by atoms with Crippen molar-refractivity contribution in [3.05, 3.63) is 6.58 Å². The number of hydrogen-bond acceptors (Lipinski definition) is 9. The summed E-state index contributed by atoms with van der Waals surface area (Å²) in [5.41, 5.74) is 0. The minimum Gasteiger partial charge on any atom is -0.480 e. The van der Waals surface area contributed by atoms with Gasteiger partial charge in [0.1, 0.15) is 5.25 Å². The molecule has 2 N–H and O–H groups in total. The molecule has 29 heavy (non-hydrogen) atoms. The maximum atomic E-state index is 10.9. The van der Waals surface area contributed by atoms with Crippen LogP contribution in [0.4, 0.5) is 0 Å². The molecular formula is C18H30O4S7. The fraction of sp³-hybridized carbons (Fsp3) is 0.667. The molecule has 0 saturated heterocycles. The Morgan fingerprint density at radius 1 is 1.03 bits per heavy atom. The van der Waals surface area contributed by atoms with E-state index in [1.54, 1.807) is 18.7 Å². The van der Waals surface area contributed by atoms with Crippen molar-refractivity contribution in [2.24, 2.45) is 0 Å². The summed E-state index contributed by atoms with van der Waals surface area (Å²) in [5, 5.41) is 18.5. The van der Waals surface area contributed by atoms with E-state index < -0.39 is 22.4 Å². The third kappa shape index (κ3) is 30.7. The van der Waals surface area contributed by atoms with E-state index in [2.05, 4.69) is 49.1 Å². The second-order valence-electron chi connectivity index (χ2n) is 5.49. The second-order valence-corrected chi connectivity index (χ2v) is 11.3. The summed E-state index contributed by atoms with van der Waals surface area (Å²) in [7, 11) is 0. The summed E-state index contributed by atoms with van der Waals surface area (Å²) in [6.45, 7) is 6.72. The Balaban J connectivity index is -0.000000443. The number of thiol groups is 2. The molecular weight excluding hydrogens is 505 g/mol. The van der Waals surface area contributed by atoms with E-state index in [9.17, 15) is 9.59 Å². The molecule has 0 heterocycles. The SMILES string of the molecule is C=C=S.CC(=S)SCCCCC(SC(C)=S)C(=O)O.O=C(O)C(S)CCCCS. The van der Waals surface area contributed by atoms with Crippen LogP contribution >= 0.6 is 85.4 Å². The van der Waals surface area contributed by atoms with Crippen molar-refractivity contribution >= 4 is 111 Å². The predicted molar refractivity (Wildman–Crippen MR) is 148 cm³/mol. The number of carboxylic acids is 2. The van der Waals surface area contributed by atoms with Crippen molar-refractivity contribution in [1.29, 1.82) is 0 Å². The topological polar surface area (TPSA) is 74.6 Å². The Kier molecular flexibility index (Phi) is 28.9. The largest absolute Gasteiger partial charge is 0.480 e. The van der Waals surface area contributed by atoms with Crippen LogP contribution in [0.3, 0.4) is 0 Å². The number of thiocarbonyl (C=S) groups is 3. The van der Waals surface area contributed by atoms with Crippen LogP contribution in [-0.4, -0.2) is 57.6 Å². The highest BCUT2D eigenvalue weighted by Crippen LogP contribution is 2.20. The number of aliphatic carboxylic acids is 2. The lowest BCUT2D eigenvalue weighted by molar-refractivity contribution is -0.137. The lowest BCUT2D eigenvalue weighted by Crippen LogP contribution is -2.17. The predicted octanol–water partition coefficient (Wildman–Crippen LogP) is 6.01. The highest BCUT2D eigenvalue weighted by atomic mass is 32.2. The molecule has 0 radical (unpaired) electrons. The van der Waals surface area contributed by atoms with Gasteiger partial charge in [-0.2, -0.15) is 25.3 Å². The number of unbranched alkanes of at least 4 members (excludes halogenated alkanes) is 2. The quantitative estimate of drug-likeness (QED) is 0.137. The zero-order valence-corrected chi connectivity index (χ0v) is 22.5. The fourth-order valence-electron chi connectivity index (χ4n) is 1.65. The molecule has 0 aromatic carbocycles. The van der Waals surface area contributed by atoms with E-state index >= 15 is 0 Å². The monoisotopic (exact) mass is 534 g/mol. The van der Waals surface area contributed by atoms with E-state index in [1.165, 1.54) is 11.8 Å². The molecule has 4 nitrogen and oxygen atoms in total. The molecule has 11 heteroatoms. The molecule has 0 aromatic heterocycles. The Bertz CT molecular complexity index is 520. The Morgan fingerprint density at radius 2 is 1.55 bits per heavy atom. The molecule has 0 aliphatic carbocycles. The average Bonchev–Trinajstić information content (AvgIpc) is 2.61. The van der Waals surface area contributed by atoms with Gasteiger partial charge in [-0.05, 0) is 69.8 Å². The van der Waals surface area contributed by atoms with E-state index in [1.807, 2.05) is 6.92 Å². The van der Waals surface area contributed by atoms with Gasteiger partial charge in [0.15, 0.2) is 0 Å². The van der Waals surface area contributed by atoms with Crippen LogP contribution in [0.2, 0.25) is 0 Å². The summed E-state index contributed by atoms with van der Waals surface area (Å²) in [6, 6.07) is 0. The van der Waals surface area contributed by atoms with Gasteiger partial charge in [0.05, 0.1) is 5.25 Å². The second kappa shape index (κ2) is 24.7. The summed E-state index contributed by atoms with van der Waals surface area (Å²) < 4.78 is 1.63. The summed E-state index contributed by atoms with van der Waals surface area (Å²) in [5.74, 6) is 0.193. The molecule has 0 aromatic rings. The van der Waals surface area contributed by atoms with Gasteiger partial charge in [0, 0.05) is 8.39 Å². The first-order valence-electron chi connectivity index (χ1n) is 8.72. The third-order valence-corrected chi connectivity index (χ3v) is 6.31. The molecule has 2 atom stereocenters. The first-order chi connectivity index (χ1) is 13.5. The molecule has 168 valence electrons. The molecule has 0 aliphatic heterocycles. The summed E-state index contributed by atoms with van der Waals surface area (Å²) in [6.07, 6.45) is 5.07. The highest BCUT2D eigenvalue weighted by Gasteiger charge is 2.18. The van der Waals surface area contributed by atoms with Crippen LogP contribution in [0, 0.1) is 0 Å². The van der Waals surface area contributed by atoms with Gasteiger partial charge in [-0.1, -0.05) is 42.3 Å². The number of hydrogen-bond donors (Lipinski definition) is 4. The lowest BCUT2D eigenvalue weighted by Gasteiger charge is -2.10. The minimum absolute atomic E-state index is 0.393. The highest BCUT2D eigenvalue weighted by molar-refractivity contribution is 8.23. The van der Waals surface area contributed by atoms with Crippen LogP contribution in [0.15, 0.2) is 6.58 Å². The van der Waals surface area contributed by atoms with Crippen LogP contribution in [0.25, 0.3) is 0 Å². The summed E-state index contributed by atoms with van der Waals surface area (Å²) >= 11 is 24.7. The van der Waals surface area contributed by atoms with Gasteiger partial charge in [0.25, 0.3) is 0 Å². The number of thioether (sulfide) groups is 2. The molecule has 0 saturated carbocycles. The standard InChI is InChI=1S/C10H16O2S4.C6H12O2S2.C2H2S/c1-7(13)15-6-4-3-5-9(10(11)12)16-8(2)14;7-6(8)5(10)3-1-2-4-9;1-2-3/h9H,3-6H2,1-2H3,(H,11,12);5,9-10H,1-4H2,(H,7,8);1H2. The molecule has 0 fully saturated rings. The van der Waals surface area contributed by atoms with Crippen molar-refractivity contribution in [2.45, 2.75) is 62.9 Å². The maximum Gasteiger partial charge on any atom is 0.317 e. The maximum absolute atomic E-state index is 10.9. The van der Waals surface area contributed by atoms with E-state index in [0.29, 0.717) is 17.0 Å². The van der Waals surface area contributed by atoms with Gasteiger partial charge in [-0.15, -0.1) is 23.5 Å². The van der Waals surface area contributed by atoms with Crippen LogP contribution in [-0.2, 0) is 9.59 Å². The first-order valence-corrected chi connectivity index (χ1v) is 13.0. The average molecular weight is 535 g/mol. The van der Waals surface area contributed by atoms with Crippen LogP contribution < -0.4 is 0 Å². The molecule has 0 spiro atoms. The van der Waals surface area contributed by atoms with Crippen LogP contribution in [0.5, 0.6) is 0 Å². The molecule has 2 unspecified atom stereocenters. The Labute approximate surface area is 210 Å². The molecule has 0 amide bonds. The van der Waals surface area contributed by atoms with Gasteiger partial charge in [0.2, 0.25) is 0 Å². The van der Waals surface area contributed by atoms with Crippen molar-refractivity contribution < 1.29 is 19.8 Å². The molecule has 0 rings (SSSR count). The van der Waals surface area contributed by atoms with Gasteiger partial charge < -0.3 is 10.2 Å². The van der Waals surface area contributed by atoms with Crippen molar-refractivity contribution in [1.82, 2.24) is 0 Å². The number of carboxylic acid groups (broad SMARTS) is 2. The van der Waals surface area contributed by atoms with E-state index in [0.717, 1.165) is 41.4 Å². The van der Waals surface area contributed by atoms with Gasteiger partial charge in [-0.3, -0.25) is 9.59 Å². The van der Waals surface area contributed by atoms with Gasteiger partial charge >= 0.3 is 11.9 Å². The smallest absolute Gasteiger partial charge is 0.317 e. The third-order valence-electron chi connectivity index (χ3n) is 2.92. The fourth-order valence-corrected chi connectivity index (χ4v) is 4.08. The Hall–Kier alpha value is 0.390. The summed E-state index contributed by atoms with van der Waals surface area (Å²) in [4.78, 5) is 21.1. The first kappa shape index (κ1) is 34.0.